The number of halogens is 2. The number of hydrogen-bond acceptors (Lipinski definition) is 3. The van der Waals surface area contributed by atoms with Gasteiger partial charge in [-0.2, -0.15) is 8.78 Å². The molecule has 1 aromatic rings. The molecule has 2 unspecified atom stereocenters. The largest absolute Gasteiger partial charge is 0.464 e. The molecule has 1 fully saturated rings. The summed E-state index contributed by atoms with van der Waals surface area (Å²) in [6, 6.07) is 4.21. The molecular weight excluding hydrogens is 280 g/mol. The van der Waals surface area contributed by atoms with E-state index in [1.165, 1.54) is 19.3 Å². The number of thioether (sulfide) groups is 1. The van der Waals surface area contributed by atoms with Gasteiger partial charge in [-0.1, -0.05) is 25.6 Å². The lowest BCUT2D eigenvalue weighted by molar-refractivity contribution is 0.234. The Kier molecular flexibility index (Phi) is 5.90. The molecule has 2 rings (SSSR count). The molecule has 0 radical (unpaired) electrons. The number of hydrogen-bond donors (Lipinski definition) is 1. The zero-order valence-corrected chi connectivity index (χ0v) is 12.9. The molecule has 0 bridgehead atoms. The van der Waals surface area contributed by atoms with Crippen molar-refractivity contribution in [1.29, 1.82) is 0 Å². The average molecular weight is 303 g/mol. The van der Waals surface area contributed by atoms with E-state index in [2.05, 4.69) is 19.2 Å². The van der Waals surface area contributed by atoms with Crippen LogP contribution in [0.5, 0.6) is 0 Å². The summed E-state index contributed by atoms with van der Waals surface area (Å²) in [6.07, 6.45) is 3.73. The lowest BCUT2D eigenvalue weighted by Crippen LogP contribution is -2.35. The molecule has 1 N–H and O–H groups in total. The maximum absolute atomic E-state index is 12.1. The molecule has 0 aliphatic heterocycles. The van der Waals surface area contributed by atoms with E-state index < -0.39 is 5.76 Å². The molecule has 2 nitrogen and oxygen atoms in total. The van der Waals surface area contributed by atoms with Gasteiger partial charge in [-0.05, 0) is 43.2 Å². The number of furan rings is 1. The fourth-order valence-corrected chi connectivity index (χ4v) is 3.54. The fraction of sp³-hybridized carbons (Fsp3) is 0.733. The van der Waals surface area contributed by atoms with Gasteiger partial charge in [0.1, 0.15) is 11.5 Å². The Morgan fingerprint density at radius 3 is 2.50 bits per heavy atom. The molecule has 0 aromatic carbocycles. The number of alkyl halides is 2. The van der Waals surface area contributed by atoms with Crippen LogP contribution in [0.3, 0.4) is 0 Å². The van der Waals surface area contributed by atoms with Crippen LogP contribution in [0.1, 0.15) is 44.6 Å². The maximum atomic E-state index is 12.1. The monoisotopic (exact) mass is 303 g/mol. The summed E-state index contributed by atoms with van der Waals surface area (Å²) >= 11 is 0.597. The fourth-order valence-electron chi connectivity index (χ4n) is 3.10. The summed E-state index contributed by atoms with van der Waals surface area (Å²) in [5.74, 6) is 0.886. The van der Waals surface area contributed by atoms with Crippen LogP contribution in [0.25, 0.3) is 0 Å². The highest BCUT2D eigenvalue weighted by Crippen LogP contribution is 2.28. The van der Waals surface area contributed by atoms with Gasteiger partial charge in [-0.3, -0.25) is 0 Å². The Hall–Kier alpha value is -0.550. The Labute approximate surface area is 123 Å². The highest BCUT2D eigenvalue weighted by Gasteiger charge is 2.23. The van der Waals surface area contributed by atoms with Crippen LogP contribution in [0, 0.1) is 11.8 Å². The molecule has 1 heterocycles. The molecule has 1 aromatic heterocycles. The van der Waals surface area contributed by atoms with Crippen molar-refractivity contribution in [3.63, 3.8) is 0 Å². The molecule has 1 aliphatic rings. The highest BCUT2D eigenvalue weighted by molar-refractivity contribution is 7.98. The molecule has 20 heavy (non-hydrogen) atoms. The van der Waals surface area contributed by atoms with Gasteiger partial charge in [-0.15, -0.1) is 0 Å². The first-order valence-corrected chi connectivity index (χ1v) is 8.28. The topological polar surface area (TPSA) is 25.2 Å². The molecule has 1 aliphatic carbocycles. The normalized spacial score (nSPS) is 27.1. The van der Waals surface area contributed by atoms with E-state index in [-0.39, 0.29) is 5.75 Å². The van der Waals surface area contributed by atoms with Crippen molar-refractivity contribution in [1.82, 2.24) is 5.32 Å². The van der Waals surface area contributed by atoms with E-state index in [1.807, 2.05) is 6.07 Å². The van der Waals surface area contributed by atoms with E-state index in [1.54, 1.807) is 6.07 Å². The van der Waals surface area contributed by atoms with Gasteiger partial charge in [0, 0.05) is 6.04 Å². The molecule has 0 saturated heterocycles. The quantitative estimate of drug-likeness (QED) is 0.828. The van der Waals surface area contributed by atoms with Crippen molar-refractivity contribution in [3.05, 3.63) is 23.7 Å². The molecule has 114 valence electrons. The van der Waals surface area contributed by atoms with Gasteiger partial charge < -0.3 is 9.73 Å². The number of nitrogens with one attached hydrogen (secondary N) is 1. The van der Waals surface area contributed by atoms with Gasteiger partial charge in [0.2, 0.25) is 0 Å². The van der Waals surface area contributed by atoms with Crippen molar-refractivity contribution >= 4 is 11.8 Å². The molecular formula is C15H23F2NOS. The first-order chi connectivity index (χ1) is 9.52. The number of rotatable bonds is 6. The van der Waals surface area contributed by atoms with Gasteiger partial charge in [0.05, 0.1) is 12.3 Å². The first kappa shape index (κ1) is 15.8. The van der Waals surface area contributed by atoms with Gasteiger partial charge >= 0.3 is 0 Å². The van der Waals surface area contributed by atoms with E-state index >= 15 is 0 Å². The third kappa shape index (κ3) is 5.09. The zero-order chi connectivity index (χ0) is 14.5. The van der Waals surface area contributed by atoms with Gasteiger partial charge in [-0.25, -0.2) is 0 Å². The van der Waals surface area contributed by atoms with E-state index in [0.717, 1.165) is 17.6 Å². The lowest BCUT2D eigenvalue weighted by Gasteiger charge is -2.31. The summed E-state index contributed by atoms with van der Waals surface area (Å²) in [7, 11) is 0. The predicted molar refractivity (Wildman–Crippen MR) is 78.8 cm³/mol. The minimum Gasteiger partial charge on any atom is -0.464 e. The Morgan fingerprint density at radius 1 is 1.20 bits per heavy atom. The Morgan fingerprint density at radius 2 is 1.85 bits per heavy atom. The zero-order valence-electron chi connectivity index (χ0n) is 12.1. The van der Waals surface area contributed by atoms with E-state index in [4.69, 9.17) is 4.42 Å². The second kappa shape index (κ2) is 7.46. The molecule has 2 atom stereocenters. The van der Waals surface area contributed by atoms with Crippen molar-refractivity contribution < 1.29 is 13.2 Å². The van der Waals surface area contributed by atoms with E-state index in [9.17, 15) is 8.78 Å². The van der Waals surface area contributed by atoms with Gasteiger partial charge in [0.25, 0.3) is 5.76 Å². The highest BCUT2D eigenvalue weighted by atomic mass is 32.2. The second-order valence-corrected chi connectivity index (χ2v) is 6.91. The van der Waals surface area contributed by atoms with Crippen LogP contribution in [-0.2, 0) is 12.3 Å². The van der Waals surface area contributed by atoms with E-state index in [0.29, 0.717) is 30.1 Å². The predicted octanol–water partition coefficient (Wildman–Crippen LogP) is 4.65. The van der Waals surface area contributed by atoms with Crippen LogP contribution >= 0.6 is 11.8 Å². The first-order valence-electron chi connectivity index (χ1n) is 7.23. The second-order valence-electron chi connectivity index (χ2n) is 5.93. The third-order valence-corrected chi connectivity index (χ3v) is 4.52. The van der Waals surface area contributed by atoms with Gasteiger partial charge in [0.15, 0.2) is 0 Å². The Bertz CT molecular complexity index is 400. The van der Waals surface area contributed by atoms with Crippen molar-refractivity contribution in [2.24, 2.45) is 11.8 Å². The lowest BCUT2D eigenvalue weighted by atomic mass is 9.80. The van der Waals surface area contributed by atoms with Crippen LogP contribution in [0.2, 0.25) is 0 Å². The third-order valence-electron chi connectivity index (χ3n) is 3.81. The van der Waals surface area contributed by atoms with Crippen molar-refractivity contribution in [3.8, 4) is 0 Å². The standard InChI is InChI=1S/C15H23F2NOS/c1-10-5-11(2)7-12(6-10)18-8-13-3-4-14(19-13)9-20-15(16)17/h3-4,10-12,15,18H,5-9H2,1-2H3. The van der Waals surface area contributed by atoms with Crippen LogP contribution < -0.4 is 5.32 Å². The molecule has 1 saturated carbocycles. The maximum Gasteiger partial charge on any atom is 0.284 e. The minimum atomic E-state index is -2.34. The summed E-state index contributed by atoms with van der Waals surface area (Å²) in [6.45, 7) is 5.29. The Balaban J connectivity index is 1.76. The van der Waals surface area contributed by atoms with Crippen molar-refractivity contribution in [2.75, 3.05) is 0 Å². The van der Waals surface area contributed by atoms with Crippen LogP contribution in [-0.4, -0.2) is 11.8 Å². The molecule has 0 amide bonds. The average Bonchev–Trinajstić information content (AvgIpc) is 2.81. The smallest absolute Gasteiger partial charge is 0.284 e. The van der Waals surface area contributed by atoms with Crippen LogP contribution in [0.4, 0.5) is 8.78 Å². The van der Waals surface area contributed by atoms with Crippen molar-refractivity contribution in [2.45, 2.75) is 57.2 Å². The summed E-state index contributed by atoms with van der Waals surface area (Å²) in [5.41, 5.74) is 0. The molecule has 5 heteroatoms. The molecule has 0 spiro atoms. The minimum absolute atomic E-state index is 0.231. The summed E-state index contributed by atoms with van der Waals surface area (Å²) in [5, 5.41) is 3.53. The van der Waals surface area contributed by atoms with Crippen LogP contribution in [0.15, 0.2) is 16.5 Å². The summed E-state index contributed by atoms with van der Waals surface area (Å²) in [4.78, 5) is 0. The summed E-state index contributed by atoms with van der Waals surface area (Å²) < 4.78 is 29.8. The SMILES string of the molecule is CC1CC(C)CC(NCc2ccc(CSC(F)F)o2)C1.